The van der Waals surface area contributed by atoms with Crippen LogP contribution in [0.1, 0.15) is 47.0 Å². The van der Waals surface area contributed by atoms with Gasteiger partial charge in [-0.25, -0.2) is 4.79 Å². The van der Waals surface area contributed by atoms with Gasteiger partial charge in [0.15, 0.2) is 0 Å². The molecule has 1 aromatic heterocycles. The summed E-state index contributed by atoms with van der Waals surface area (Å²) in [5.74, 6) is -0.0859. The van der Waals surface area contributed by atoms with Gasteiger partial charge in [-0.2, -0.15) is 5.26 Å². The van der Waals surface area contributed by atoms with Crippen LogP contribution in [0.4, 0.5) is 0 Å². The lowest BCUT2D eigenvalue weighted by Crippen LogP contribution is -2.12. The van der Waals surface area contributed by atoms with Crippen LogP contribution in [0.2, 0.25) is 0 Å². The Morgan fingerprint density at radius 2 is 1.85 bits per heavy atom. The highest BCUT2D eigenvalue weighted by molar-refractivity contribution is 5.99. The van der Waals surface area contributed by atoms with Gasteiger partial charge in [0.05, 0.1) is 0 Å². The smallest absolute Gasteiger partial charge is 0.354 e. The van der Waals surface area contributed by atoms with Gasteiger partial charge in [-0.05, 0) is 75.4 Å². The third-order valence-corrected chi connectivity index (χ3v) is 4.77. The number of nitriles is 1. The molecule has 26 heavy (non-hydrogen) atoms. The van der Waals surface area contributed by atoms with E-state index in [0.29, 0.717) is 5.75 Å². The first kappa shape index (κ1) is 19.5. The Kier molecular flexibility index (Phi) is 6.05. The maximum Gasteiger partial charge on any atom is 0.354 e. The number of rotatable bonds is 5. The number of hydrogen-bond acceptors (Lipinski definition) is 3. The summed E-state index contributed by atoms with van der Waals surface area (Å²) >= 11 is 0. The molecule has 0 saturated carbocycles. The van der Waals surface area contributed by atoms with Crippen molar-refractivity contribution in [1.82, 2.24) is 4.57 Å². The lowest BCUT2D eigenvalue weighted by atomic mass is 10.1. The molecule has 0 aliphatic carbocycles. The van der Waals surface area contributed by atoms with Crippen LogP contribution in [0.25, 0.3) is 6.08 Å². The fourth-order valence-corrected chi connectivity index (χ4v) is 3.06. The summed E-state index contributed by atoms with van der Waals surface area (Å²) in [4.78, 5) is 12.6. The van der Waals surface area contributed by atoms with E-state index in [0.717, 1.165) is 46.6 Å². The number of hydrogen-bond donors (Lipinski definition) is 0. The van der Waals surface area contributed by atoms with E-state index in [4.69, 9.17) is 4.74 Å². The van der Waals surface area contributed by atoms with E-state index < -0.39 is 5.97 Å². The average molecular weight is 350 g/mol. The van der Waals surface area contributed by atoms with E-state index in [-0.39, 0.29) is 5.57 Å². The molecule has 4 nitrogen and oxygen atoms in total. The Morgan fingerprint density at radius 3 is 2.46 bits per heavy atom. The SMILES string of the molecule is CCCn1c(C)cc(C=C(C#N)C(=O)Oc2c(C)ccc(C)c2C)c1C. The van der Waals surface area contributed by atoms with Crippen molar-refractivity contribution in [1.29, 1.82) is 5.26 Å². The Bertz CT molecular complexity index is 911. The van der Waals surface area contributed by atoms with Crippen LogP contribution in [-0.4, -0.2) is 10.5 Å². The molecule has 0 atom stereocenters. The first-order valence-corrected chi connectivity index (χ1v) is 8.87. The molecule has 0 radical (unpaired) electrons. The number of benzene rings is 1. The number of ether oxygens (including phenoxy) is 1. The number of carbonyl (C=O) groups is 1. The second-order valence-electron chi connectivity index (χ2n) is 6.69. The standard InChI is InChI=1S/C22H26N2O2/c1-7-10-24-16(4)11-19(18(24)6)12-20(13-23)22(25)26-21-15(3)9-8-14(2)17(21)5/h8-9,11-12H,7,10H2,1-6H3. The van der Waals surface area contributed by atoms with Crippen molar-refractivity contribution in [2.75, 3.05) is 0 Å². The summed E-state index contributed by atoms with van der Waals surface area (Å²) in [7, 11) is 0. The second kappa shape index (κ2) is 8.05. The minimum absolute atomic E-state index is 0.00190. The molecule has 0 aliphatic heterocycles. The van der Waals surface area contributed by atoms with Crippen molar-refractivity contribution in [2.24, 2.45) is 0 Å². The van der Waals surface area contributed by atoms with Crippen molar-refractivity contribution in [3.63, 3.8) is 0 Å². The third kappa shape index (κ3) is 3.88. The minimum Gasteiger partial charge on any atom is -0.422 e. The monoisotopic (exact) mass is 350 g/mol. The normalized spacial score (nSPS) is 11.3. The van der Waals surface area contributed by atoms with Crippen LogP contribution in [-0.2, 0) is 11.3 Å². The Morgan fingerprint density at radius 1 is 1.19 bits per heavy atom. The molecule has 0 fully saturated rings. The van der Waals surface area contributed by atoms with Gasteiger partial charge in [0.2, 0.25) is 0 Å². The van der Waals surface area contributed by atoms with Crippen molar-refractivity contribution < 1.29 is 9.53 Å². The van der Waals surface area contributed by atoms with Gasteiger partial charge in [0.25, 0.3) is 0 Å². The Hall–Kier alpha value is -2.80. The Balaban J connectivity index is 2.36. The maximum atomic E-state index is 12.6. The summed E-state index contributed by atoms with van der Waals surface area (Å²) in [6.07, 6.45) is 2.65. The lowest BCUT2D eigenvalue weighted by Gasteiger charge is -2.12. The quantitative estimate of drug-likeness (QED) is 0.332. The molecule has 0 bridgehead atoms. The molecule has 136 valence electrons. The van der Waals surface area contributed by atoms with Crippen molar-refractivity contribution in [3.8, 4) is 11.8 Å². The Labute approximate surface area is 155 Å². The highest BCUT2D eigenvalue weighted by atomic mass is 16.5. The van der Waals surface area contributed by atoms with Gasteiger partial charge in [-0.1, -0.05) is 19.1 Å². The van der Waals surface area contributed by atoms with Gasteiger partial charge in [-0.3, -0.25) is 0 Å². The van der Waals surface area contributed by atoms with Crippen LogP contribution in [0, 0.1) is 45.9 Å². The molecule has 4 heteroatoms. The molecule has 2 aromatic rings. The number of esters is 1. The molecule has 1 heterocycles. The molecule has 2 rings (SSSR count). The van der Waals surface area contributed by atoms with E-state index in [1.807, 2.05) is 58.9 Å². The zero-order valence-electron chi connectivity index (χ0n) is 16.4. The fourth-order valence-electron chi connectivity index (χ4n) is 3.06. The van der Waals surface area contributed by atoms with Crippen LogP contribution >= 0.6 is 0 Å². The van der Waals surface area contributed by atoms with Gasteiger partial charge >= 0.3 is 5.97 Å². The van der Waals surface area contributed by atoms with Crippen molar-refractivity contribution in [3.05, 3.63) is 57.4 Å². The molecular weight excluding hydrogens is 324 g/mol. The number of carbonyl (C=O) groups excluding carboxylic acids is 1. The van der Waals surface area contributed by atoms with Crippen LogP contribution in [0.5, 0.6) is 5.75 Å². The highest BCUT2D eigenvalue weighted by Crippen LogP contribution is 2.27. The third-order valence-electron chi connectivity index (χ3n) is 4.77. The fraction of sp³-hybridized carbons (Fsp3) is 0.364. The maximum absolute atomic E-state index is 12.6. The first-order valence-electron chi connectivity index (χ1n) is 8.87. The molecule has 0 amide bonds. The largest absolute Gasteiger partial charge is 0.422 e. The lowest BCUT2D eigenvalue weighted by molar-refractivity contribution is -0.129. The molecule has 0 spiro atoms. The van der Waals surface area contributed by atoms with Crippen LogP contribution < -0.4 is 4.74 Å². The highest BCUT2D eigenvalue weighted by Gasteiger charge is 2.17. The summed E-state index contributed by atoms with van der Waals surface area (Å²) in [5, 5.41) is 9.47. The predicted octanol–water partition coefficient (Wildman–Crippen LogP) is 4.95. The molecular formula is C22H26N2O2. The average Bonchev–Trinajstić information content (AvgIpc) is 2.87. The minimum atomic E-state index is -0.621. The van der Waals surface area contributed by atoms with E-state index in [9.17, 15) is 10.1 Å². The van der Waals surface area contributed by atoms with Crippen LogP contribution in [0.3, 0.4) is 0 Å². The summed E-state index contributed by atoms with van der Waals surface area (Å²) in [6.45, 7) is 12.9. The summed E-state index contributed by atoms with van der Waals surface area (Å²) < 4.78 is 7.77. The van der Waals surface area contributed by atoms with E-state index in [2.05, 4.69) is 11.5 Å². The van der Waals surface area contributed by atoms with E-state index in [1.54, 1.807) is 6.08 Å². The first-order chi connectivity index (χ1) is 12.3. The predicted molar refractivity (Wildman–Crippen MR) is 104 cm³/mol. The van der Waals surface area contributed by atoms with Gasteiger partial charge in [0, 0.05) is 17.9 Å². The topological polar surface area (TPSA) is 55.0 Å². The van der Waals surface area contributed by atoms with Gasteiger partial charge in [0.1, 0.15) is 17.4 Å². The number of aromatic nitrogens is 1. The molecule has 0 unspecified atom stereocenters. The van der Waals surface area contributed by atoms with E-state index >= 15 is 0 Å². The molecule has 1 aromatic carbocycles. The van der Waals surface area contributed by atoms with E-state index in [1.165, 1.54) is 0 Å². The molecule has 0 aliphatic rings. The number of aryl methyl sites for hydroxylation is 3. The van der Waals surface area contributed by atoms with Gasteiger partial charge in [-0.15, -0.1) is 0 Å². The summed E-state index contributed by atoms with van der Waals surface area (Å²) in [6, 6.07) is 7.90. The second-order valence-corrected chi connectivity index (χ2v) is 6.69. The van der Waals surface area contributed by atoms with Crippen molar-refractivity contribution >= 4 is 12.0 Å². The van der Waals surface area contributed by atoms with Crippen molar-refractivity contribution in [2.45, 2.75) is 54.5 Å². The zero-order valence-corrected chi connectivity index (χ0v) is 16.4. The molecule has 0 saturated heterocycles. The summed E-state index contributed by atoms with van der Waals surface area (Å²) in [5.41, 5.74) is 5.88. The van der Waals surface area contributed by atoms with Crippen LogP contribution in [0.15, 0.2) is 23.8 Å². The molecule has 0 N–H and O–H groups in total. The number of nitrogens with zero attached hydrogens (tertiary/aromatic N) is 2. The van der Waals surface area contributed by atoms with Gasteiger partial charge < -0.3 is 9.30 Å². The zero-order chi connectivity index (χ0) is 19.4.